The van der Waals surface area contributed by atoms with E-state index in [-0.39, 0.29) is 18.3 Å². The van der Waals surface area contributed by atoms with E-state index in [0.717, 1.165) is 10.4 Å². The number of esters is 1. The minimum Gasteiger partial charge on any atom is -0.481 e. The minimum atomic E-state index is -0.776. The molecule has 1 atom stereocenters. The summed E-state index contributed by atoms with van der Waals surface area (Å²) in [6, 6.07) is 6.93. The molecule has 1 unspecified atom stereocenters. The summed E-state index contributed by atoms with van der Waals surface area (Å²) in [5, 5.41) is 1.89. The first kappa shape index (κ1) is 16.4. The van der Waals surface area contributed by atoms with E-state index in [4.69, 9.17) is 9.47 Å². The fourth-order valence-electron chi connectivity index (χ4n) is 2.74. The number of hydrogen-bond acceptors (Lipinski definition) is 5. The van der Waals surface area contributed by atoms with Crippen molar-refractivity contribution >= 4 is 23.2 Å². The quantitative estimate of drug-likeness (QED) is 0.796. The van der Waals surface area contributed by atoms with E-state index in [2.05, 4.69) is 0 Å². The molecular formula is C17H16FNO4S. The first-order valence-corrected chi connectivity index (χ1v) is 8.30. The third-order valence-electron chi connectivity index (χ3n) is 3.90. The largest absolute Gasteiger partial charge is 0.481 e. The van der Waals surface area contributed by atoms with Crippen molar-refractivity contribution in [2.75, 3.05) is 20.3 Å². The summed E-state index contributed by atoms with van der Waals surface area (Å²) < 4.78 is 23.7. The lowest BCUT2D eigenvalue weighted by molar-refractivity contribution is -0.154. The molecule has 0 radical (unpaired) electrons. The molecule has 0 aliphatic carbocycles. The van der Waals surface area contributed by atoms with Gasteiger partial charge in [0.25, 0.3) is 5.91 Å². The molecule has 2 heterocycles. The number of ether oxygens (including phenoxy) is 2. The van der Waals surface area contributed by atoms with Crippen molar-refractivity contribution in [1.82, 2.24) is 4.90 Å². The molecule has 0 fully saturated rings. The van der Waals surface area contributed by atoms with Crippen LogP contribution in [0.3, 0.4) is 0 Å². The summed E-state index contributed by atoms with van der Waals surface area (Å²) in [4.78, 5) is 27.2. The van der Waals surface area contributed by atoms with Crippen molar-refractivity contribution in [3.05, 3.63) is 52.0 Å². The number of hydrogen-bond donors (Lipinski definition) is 0. The van der Waals surface area contributed by atoms with Crippen LogP contribution in [0.4, 0.5) is 4.39 Å². The van der Waals surface area contributed by atoms with Gasteiger partial charge in [-0.3, -0.25) is 4.79 Å². The zero-order valence-corrected chi connectivity index (χ0v) is 13.8. The normalized spacial score (nSPS) is 16.4. The Morgan fingerprint density at radius 1 is 1.33 bits per heavy atom. The molecule has 24 heavy (non-hydrogen) atoms. The molecule has 0 spiro atoms. The van der Waals surface area contributed by atoms with E-state index < -0.39 is 17.8 Å². The van der Waals surface area contributed by atoms with Crippen LogP contribution in [0, 0.1) is 5.82 Å². The number of benzene rings is 1. The summed E-state index contributed by atoms with van der Waals surface area (Å²) in [6.07, 6.45) is 0.673. The molecule has 1 aromatic carbocycles. The van der Waals surface area contributed by atoms with E-state index in [1.54, 1.807) is 23.5 Å². The number of nitrogens with zero attached hydrogens (tertiary/aromatic N) is 1. The van der Waals surface area contributed by atoms with Gasteiger partial charge in [-0.2, -0.15) is 0 Å². The Kier molecular flexibility index (Phi) is 4.80. The van der Waals surface area contributed by atoms with E-state index >= 15 is 0 Å². The van der Waals surface area contributed by atoms with Gasteiger partial charge in [-0.25, -0.2) is 9.18 Å². The average Bonchev–Trinajstić information content (AvgIpc) is 3.07. The lowest BCUT2D eigenvalue weighted by atomic mass is 10.00. The number of para-hydroxylation sites is 1. The molecule has 0 saturated heterocycles. The van der Waals surface area contributed by atoms with Crippen LogP contribution in [-0.4, -0.2) is 37.0 Å². The Morgan fingerprint density at radius 3 is 2.88 bits per heavy atom. The van der Waals surface area contributed by atoms with Crippen LogP contribution >= 0.6 is 11.3 Å². The molecule has 1 aliphatic heterocycles. The first-order chi connectivity index (χ1) is 11.6. The maximum Gasteiger partial charge on any atom is 0.333 e. The van der Waals surface area contributed by atoms with E-state index in [1.165, 1.54) is 24.1 Å². The number of fused-ring (bicyclic) bond motifs is 1. The van der Waals surface area contributed by atoms with Gasteiger partial charge >= 0.3 is 5.97 Å². The van der Waals surface area contributed by atoms with Crippen LogP contribution in [0.5, 0.6) is 5.75 Å². The number of carbonyl (C=O) groups is 2. The van der Waals surface area contributed by atoms with Gasteiger partial charge < -0.3 is 14.4 Å². The molecule has 0 bridgehead atoms. The van der Waals surface area contributed by atoms with Crippen LogP contribution in [0.25, 0.3) is 0 Å². The third-order valence-corrected chi connectivity index (χ3v) is 4.90. The highest BCUT2D eigenvalue weighted by Crippen LogP contribution is 2.34. The maximum atomic E-state index is 13.6. The van der Waals surface area contributed by atoms with E-state index in [0.29, 0.717) is 13.0 Å². The second-order valence-corrected chi connectivity index (χ2v) is 6.28. The molecule has 2 aromatic rings. The predicted octanol–water partition coefficient (Wildman–Crippen LogP) is 2.57. The monoisotopic (exact) mass is 349 g/mol. The summed E-state index contributed by atoms with van der Waals surface area (Å²) in [6.45, 7) is 0.0562. The molecule has 1 amide bonds. The van der Waals surface area contributed by atoms with Crippen LogP contribution in [-0.2, 0) is 20.7 Å². The van der Waals surface area contributed by atoms with Crippen LogP contribution in [0.2, 0.25) is 0 Å². The Labute approximate surface area is 142 Å². The number of amides is 1. The van der Waals surface area contributed by atoms with Gasteiger partial charge in [0, 0.05) is 11.4 Å². The molecule has 1 aliphatic rings. The highest BCUT2D eigenvalue weighted by molar-refractivity contribution is 7.10. The summed E-state index contributed by atoms with van der Waals surface area (Å²) >= 11 is 1.56. The van der Waals surface area contributed by atoms with Crippen molar-refractivity contribution in [2.45, 2.75) is 12.5 Å². The van der Waals surface area contributed by atoms with Gasteiger partial charge in [0.05, 0.1) is 7.11 Å². The number of rotatable bonds is 4. The van der Waals surface area contributed by atoms with Gasteiger partial charge in [-0.15, -0.1) is 11.3 Å². The fourth-order valence-corrected chi connectivity index (χ4v) is 3.64. The Hall–Kier alpha value is -2.41. The topological polar surface area (TPSA) is 55.8 Å². The molecule has 7 heteroatoms. The van der Waals surface area contributed by atoms with Crippen molar-refractivity contribution in [2.24, 2.45) is 0 Å². The standard InChI is InChI=1S/C17H16FNO4S/c1-22-17(21)16-11-7-9-24-14(11)6-8-19(16)15(20)10-23-13-5-3-2-4-12(13)18/h2-5,7,9,16H,6,8,10H2,1H3. The molecule has 126 valence electrons. The SMILES string of the molecule is COC(=O)C1c2ccsc2CCN1C(=O)COc1ccccc1F. The van der Waals surface area contributed by atoms with Crippen molar-refractivity contribution in [3.63, 3.8) is 0 Å². The molecule has 0 saturated carbocycles. The Bertz CT molecular complexity index is 761. The van der Waals surface area contributed by atoms with Gasteiger partial charge in [0.15, 0.2) is 24.2 Å². The predicted molar refractivity (Wildman–Crippen MR) is 86.4 cm³/mol. The van der Waals surface area contributed by atoms with Crippen LogP contribution in [0.15, 0.2) is 35.7 Å². The van der Waals surface area contributed by atoms with Gasteiger partial charge in [-0.1, -0.05) is 12.1 Å². The Morgan fingerprint density at radius 2 is 2.12 bits per heavy atom. The molecule has 3 rings (SSSR count). The summed E-state index contributed by atoms with van der Waals surface area (Å²) in [5.74, 6) is -1.40. The number of methoxy groups -OCH3 is 1. The first-order valence-electron chi connectivity index (χ1n) is 7.42. The van der Waals surface area contributed by atoms with Crippen LogP contribution < -0.4 is 4.74 Å². The minimum absolute atomic E-state index is 0.00806. The van der Waals surface area contributed by atoms with E-state index in [9.17, 15) is 14.0 Å². The van der Waals surface area contributed by atoms with Gasteiger partial charge in [-0.05, 0) is 35.6 Å². The number of thiophene rings is 1. The number of carbonyl (C=O) groups excluding carboxylic acids is 2. The van der Waals surface area contributed by atoms with Crippen LogP contribution in [0.1, 0.15) is 16.5 Å². The van der Waals surface area contributed by atoms with Gasteiger partial charge in [0.1, 0.15) is 0 Å². The third kappa shape index (κ3) is 3.12. The lowest BCUT2D eigenvalue weighted by Crippen LogP contribution is -2.45. The zero-order valence-electron chi connectivity index (χ0n) is 13.0. The molecule has 1 aromatic heterocycles. The number of halogens is 1. The summed E-state index contributed by atoms with van der Waals surface area (Å²) in [7, 11) is 1.29. The van der Waals surface area contributed by atoms with Crippen molar-refractivity contribution in [1.29, 1.82) is 0 Å². The highest BCUT2D eigenvalue weighted by Gasteiger charge is 2.37. The maximum absolute atomic E-state index is 13.6. The molecular weight excluding hydrogens is 333 g/mol. The van der Waals surface area contributed by atoms with E-state index in [1.807, 2.05) is 11.4 Å². The van der Waals surface area contributed by atoms with Gasteiger partial charge in [0.2, 0.25) is 0 Å². The van der Waals surface area contributed by atoms with Crippen molar-refractivity contribution in [3.8, 4) is 5.75 Å². The molecule has 5 nitrogen and oxygen atoms in total. The summed E-state index contributed by atoms with van der Waals surface area (Å²) in [5.41, 5.74) is 0.789. The Balaban J connectivity index is 1.76. The lowest BCUT2D eigenvalue weighted by Gasteiger charge is -2.33. The van der Waals surface area contributed by atoms with Crippen molar-refractivity contribution < 1.29 is 23.5 Å². The second-order valence-electron chi connectivity index (χ2n) is 5.28. The zero-order chi connectivity index (χ0) is 17.1. The highest BCUT2D eigenvalue weighted by atomic mass is 32.1. The fraction of sp³-hybridized carbons (Fsp3) is 0.294. The smallest absolute Gasteiger partial charge is 0.333 e. The molecule has 0 N–H and O–H groups in total. The average molecular weight is 349 g/mol. The second kappa shape index (κ2) is 7.00.